The van der Waals surface area contributed by atoms with E-state index in [1.54, 1.807) is 0 Å². The average Bonchev–Trinajstić information content (AvgIpc) is 2.88. The highest BCUT2D eigenvalue weighted by Crippen LogP contribution is 2.43. The third-order valence-corrected chi connectivity index (χ3v) is 6.65. The first-order chi connectivity index (χ1) is 9.27. The van der Waals surface area contributed by atoms with Gasteiger partial charge in [0, 0.05) is 12.6 Å². The molecule has 1 aliphatic carbocycles. The van der Waals surface area contributed by atoms with E-state index < -0.39 is 0 Å². The maximum absolute atomic E-state index is 6.57. The van der Waals surface area contributed by atoms with Crippen LogP contribution in [-0.4, -0.2) is 29.8 Å². The van der Waals surface area contributed by atoms with Crippen LogP contribution in [0.1, 0.15) is 57.8 Å². The molecule has 1 saturated carbocycles. The lowest BCUT2D eigenvalue weighted by Gasteiger charge is -2.41. The molecule has 2 atom stereocenters. The Balaban J connectivity index is 1.52. The van der Waals surface area contributed by atoms with Crippen molar-refractivity contribution in [1.82, 2.24) is 0 Å². The van der Waals surface area contributed by atoms with E-state index in [9.17, 15) is 0 Å². The second-order valence-corrected chi connectivity index (χ2v) is 8.17. The Hall–Kier alpha value is 0.270. The predicted molar refractivity (Wildman–Crippen MR) is 82.5 cm³/mol. The summed E-state index contributed by atoms with van der Waals surface area (Å²) < 4.78 is 6.14. The average molecular weight is 283 g/mol. The van der Waals surface area contributed by atoms with Gasteiger partial charge in [-0.3, -0.25) is 0 Å². The second kappa shape index (κ2) is 6.36. The molecule has 19 heavy (non-hydrogen) atoms. The fourth-order valence-corrected chi connectivity index (χ4v) is 5.56. The third-order valence-electron chi connectivity index (χ3n) is 5.60. The van der Waals surface area contributed by atoms with E-state index in [1.165, 1.54) is 69.3 Å². The lowest BCUT2D eigenvalue weighted by atomic mass is 9.78. The van der Waals surface area contributed by atoms with Crippen LogP contribution >= 0.6 is 11.8 Å². The maximum Gasteiger partial charge on any atom is 0.0685 e. The van der Waals surface area contributed by atoms with Crippen LogP contribution in [-0.2, 0) is 4.74 Å². The van der Waals surface area contributed by atoms with Gasteiger partial charge in [0.05, 0.1) is 5.60 Å². The third kappa shape index (κ3) is 3.48. The Morgan fingerprint density at radius 1 is 1.16 bits per heavy atom. The van der Waals surface area contributed by atoms with Crippen LogP contribution in [0.4, 0.5) is 0 Å². The van der Waals surface area contributed by atoms with Crippen molar-refractivity contribution in [2.45, 2.75) is 69.4 Å². The lowest BCUT2D eigenvalue weighted by Crippen LogP contribution is -2.44. The zero-order valence-corrected chi connectivity index (χ0v) is 12.9. The van der Waals surface area contributed by atoms with Crippen molar-refractivity contribution >= 4 is 11.8 Å². The first-order valence-electron chi connectivity index (χ1n) is 8.25. The monoisotopic (exact) mass is 283 g/mol. The summed E-state index contributed by atoms with van der Waals surface area (Å²) in [5.74, 6) is 4.34. The van der Waals surface area contributed by atoms with E-state index >= 15 is 0 Å². The second-order valence-electron chi connectivity index (χ2n) is 6.95. The highest BCUT2D eigenvalue weighted by Gasteiger charge is 2.41. The molecular weight excluding hydrogens is 254 g/mol. The first kappa shape index (κ1) is 14.2. The van der Waals surface area contributed by atoms with Gasteiger partial charge in [0.25, 0.3) is 0 Å². The Morgan fingerprint density at radius 2 is 1.89 bits per heavy atom. The standard InChI is InChI=1S/C16H29NOS/c17-15(11-13-4-9-19-10-5-13)14-3-8-18-16(12-14)6-1-2-7-16/h13-15H,1-12,17H2. The largest absolute Gasteiger partial charge is 0.375 e. The van der Waals surface area contributed by atoms with Crippen LogP contribution in [0.3, 0.4) is 0 Å². The Morgan fingerprint density at radius 3 is 2.63 bits per heavy atom. The van der Waals surface area contributed by atoms with Crippen molar-refractivity contribution in [2.24, 2.45) is 17.6 Å². The summed E-state index contributed by atoms with van der Waals surface area (Å²) in [6.07, 6.45) is 11.8. The molecule has 0 radical (unpaired) electrons. The van der Waals surface area contributed by atoms with Gasteiger partial charge < -0.3 is 10.5 Å². The molecule has 3 heteroatoms. The van der Waals surface area contributed by atoms with Crippen LogP contribution in [0.2, 0.25) is 0 Å². The summed E-state index contributed by atoms with van der Waals surface area (Å²) >= 11 is 2.12. The predicted octanol–water partition coefficient (Wildman–Crippen LogP) is 3.59. The summed E-state index contributed by atoms with van der Waals surface area (Å²) in [6, 6.07) is 0.425. The molecule has 0 aromatic rings. The smallest absolute Gasteiger partial charge is 0.0685 e. The summed E-state index contributed by atoms with van der Waals surface area (Å²) in [7, 11) is 0. The molecule has 2 unspecified atom stereocenters. The van der Waals surface area contributed by atoms with Gasteiger partial charge in [-0.05, 0) is 68.3 Å². The molecule has 2 saturated heterocycles. The fourth-order valence-electron chi connectivity index (χ4n) is 4.36. The van der Waals surface area contributed by atoms with E-state index in [4.69, 9.17) is 10.5 Å². The van der Waals surface area contributed by atoms with Crippen LogP contribution < -0.4 is 5.73 Å². The van der Waals surface area contributed by atoms with Crippen LogP contribution in [0.5, 0.6) is 0 Å². The van der Waals surface area contributed by atoms with Gasteiger partial charge in [0.15, 0.2) is 0 Å². The van der Waals surface area contributed by atoms with Crippen molar-refractivity contribution in [3.8, 4) is 0 Å². The highest BCUT2D eigenvalue weighted by atomic mass is 32.2. The fraction of sp³-hybridized carbons (Fsp3) is 1.00. The number of rotatable bonds is 3. The normalized spacial score (nSPS) is 33.6. The summed E-state index contributed by atoms with van der Waals surface area (Å²) in [4.78, 5) is 0. The molecule has 0 aromatic heterocycles. The molecule has 2 N–H and O–H groups in total. The molecule has 0 amide bonds. The maximum atomic E-state index is 6.57. The minimum atomic E-state index is 0.239. The van der Waals surface area contributed by atoms with Crippen molar-refractivity contribution in [3.05, 3.63) is 0 Å². The zero-order valence-electron chi connectivity index (χ0n) is 12.1. The van der Waals surface area contributed by atoms with Crippen molar-refractivity contribution in [1.29, 1.82) is 0 Å². The number of thioether (sulfide) groups is 1. The van der Waals surface area contributed by atoms with Crippen LogP contribution in [0.15, 0.2) is 0 Å². The van der Waals surface area contributed by atoms with Gasteiger partial charge in [-0.2, -0.15) is 11.8 Å². The molecule has 2 aliphatic heterocycles. The quantitative estimate of drug-likeness (QED) is 0.860. The topological polar surface area (TPSA) is 35.2 Å². The number of hydrogen-bond acceptors (Lipinski definition) is 3. The zero-order chi connectivity index (χ0) is 13.1. The van der Waals surface area contributed by atoms with Crippen molar-refractivity contribution in [3.63, 3.8) is 0 Å². The van der Waals surface area contributed by atoms with E-state index in [2.05, 4.69) is 11.8 Å². The minimum Gasteiger partial charge on any atom is -0.375 e. The van der Waals surface area contributed by atoms with Gasteiger partial charge in [-0.25, -0.2) is 0 Å². The molecule has 1 spiro atoms. The van der Waals surface area contributed by atoms with E-state index in [-0.39, 0.29) is 5.60 Å². The number of nitrogens with two attached hydrogens (primary N) is 1. The van der Waals surface area contributed by atoms with Gasteiger partial charge in [-0.15, -0.1) is 0 Å². The molecule has 3 fully saturated rings. The van der Waals surface area contributed by atoms with Gasteiger partial charge >= 0.3 is 0 Å². The molecule has 3 aliphatic rings. The highest BCUT2D eigenvalue weighted by molar-refractivity contribution is 7.99. The Bertz CT molecular complexity index is 284. The Labute approximate surface area is 122 Å². The summed E-state index contributed by atoms with van der Waals surface area (Å²) in [5.41, 5.74) is 6.81. The minimum absolute atomic E-state index is 0.239. The molecule has 2 nitrogen and oxygen atoms in total. The van der Waals surface area contributed by atoms with Crippen molar-refractivity contribution in [2.75, 3.05) is 18.1 Å². The van der Waals surface area contributed by atoms with Gasteiger partial charge in [-0.1, -0.05) is 12.8 Å². The molecule has 0 bridgehead atoms. The Kier molecular flexibility index (Phi) is 4.76. The van der Waals surface area contributed by atoms with Gasteiger partial charge in [0.2, 0.25) is 0 Å². The van der Waals surface area contributed by atoms with Crippen LogP contribution in [0.25, 0.3) is 0 Å². The number of ether oxygens (including phenoxy) is 1. The molecule has 110 valence electrons. The van der Waals surface area contributed by atoms with E-state index in [1.807, 2.05) is 0 Å². The summed E-state index contributed by atoms with van der Waals surface area (Å²) in [5, 5.41) is 0. The lowest BCUT2D eigenvalue weighted by molar-refractivity contribution is -0.0970. The molecule has 2 heterocycles. The van der Waals surface area contributed by atoms with Gasteiger partial charge in [0.1, 0.15) is 0 Å². The van der Waals surface area contributed by atoms with Crippen LogP contribution in [0, 0.1) is 11.8 Å². The van der Waals surface area contributed by atoms with Crippen molar-refractivity contribution < 1.29 is 4.74 Å². The molecular formula is C16H29NOS. The molecule has 0 aromatic carbocycles. The number of hydrogen-bond donors (Lipinski definition) is 1. The van der Waals surface area contributed by atoms with E-state index in [0.717, 1.165) is 18.4 Å². The SMILES string of the molecule is NC(CC1CCSCC1)C1CCOC2(CCCC2)C1. The van der Waals surface area contributed by atoms with E-state index in [0.29, 0.717) is 6.04 Å². The molecule has 3 rings (SSSR count). The first-order valence-corrected chi connectivity index (χ1v) is 9.40. The summed E-state index contributed by atoms with van der Waals surface area (Å²) in [6.45, 7) is 0.957.